The van der Waals surface area contributed by atoms with E-state index in [0.717, 1.165) is 17.2 Å². The maximum atomic E-state index is 17.3. The van der Waals surface area contributed by atoms with Crippen LogP contribution >= 0.6 is 0 Å². The summed E-state index contributed by atoms with van der Waals surface area (Å²) in [6, 6.07) is 30.3. The van der Waals surface area contributed by atoms with Gasteiger partial charge in [-0.1, -0.05) is 60.7 Å². The Labute approximate surface area is 416 Å². The number of aromatic nitrogens is 4. The highest BCUT2D eigenvalue weighted by molar-refractivity contribution is 5.94. The molecule has 6 aromatic carbocycles. The lowest BCUT2D eigenvalue weighted by Crippen LogP contribution is -2.33. The van der Waals surface area contributed by atoms with Crippen molar-refractivity contribution in [2.45, 2.75) is 44.5 Å². The summed E-state index contributed by atoms with van der Waals surface area (Å²) in [5, 5.41) is 23.0. The predicted octanol–water partition coefficient (Wildman–Crippen LogP) is 10.8. The molecule has 0 saturated heterocycles. The van der Waals surface area contributed by atoms with E-state index in [2.05, 4.69) is 5.32 Å². The van der Waals surface area contributed by atoms with Gasteiger partial charge in [-0.3, -0.25) is 0 Å². The van der Waals surface area contributed by atoms with Crippen LogP contribution in [0.15, 0.2) is 121 Å². The fourth-order valence-electron chi connectivity index (χ4n) is 8.98. The molecule has 8 aromatic rings. The first-order valence-electron chi connectivity index (χ1n) is 23.0. The van der Waals surface area contributed by atoms with Crippen LogP contribution in [0.25, 0.3) is 22.1 Å². The third-order valence-electron chi connectivity index (χ3n) is 12.6. The van der Waals surface area contributed by atoms with Crippen LogP contribution in [-0.4, -0.2) is 89.3 Å². The Hall–Kier alpha value is -8.35. The van der Waals surface area contributed by atoms with E-state index in [4.69, 9.17) is 28.9 Å². The molecule has 14 nitrogen and oxygen atoms in total. The summed E-state index contributed by atoms with van der Waals surface area (Å²) < 4.78 is 103. The van der Waals surface area contributed by atoms with E-state index in [9.17, 15) is 33.0 Å². The molecule has 0 saturated carbocycles. The SMILES string of the molecule is COc1ccc(CCN(CCC(F)(F)c2ccccc2Cn2c(NCCc3cccc(OC)c3OC)nc3cc(C(=O)O)ccc32)c2nc3cc(C(=O)O)ccc3n2Cc2ccccc2C(F)(F)F)cc1OC. The first-order chi connectivity index (χ1) is 35.0. The van der Waals surface area contributed by atoms with E-state index >= 15 is 8.78 Å². The second kappa shape index (κ2) is 21.6. The second-order valence-electron chi connectivity index (χ2n) is 17.1. The van der Waals surface area contributed by atoms with E-state index < -0.39 is 36.0 Å². The number of nitrogens with one attached hydrogen (secondary N) is 1. The summed E-state index contributed by atoms with van der Waals surface area (Å²) in [5.74, 6) is -3.60. The molecule has 0 aliphatic rings. The maximum Gasteiger partial charge on any atom is 0.416 e. The fraction of sp³-hybridized carbons (Fsp3) is 0.259. The molecule has 3 N–H and O–H groups in total. The predicted molar refractivity (Wildman–Crippen MR) is 265 cm³/mol. The molecule has 0 fully saturated rings. The number of alkyl halides is 5. The smallest absolute Gasteiger partial charge is 0.416 e. The van der Waals surface area contributed by atoms with Crippen molar-refractivity contribution in [3.63, 3.8) is 0 Å². The van der Waals surface area contributed by atoms with Crippen molar-refractivity contribution in [2.24, 2.45) is 0 Å². The van der Waals surface area contributed by atoms with E-state index in [1.807, 2.05) is 12.1 Å². The van der Waals surface area contributed by atoms with Gasteiger partial charge in [0.1, 0.15) is 0 Å². The number of nitrogens with zero attached hydrogens (tertiary/aromatic N) is 5. The topological polar surface area (TPSA) is 162 Å². The van der Waals surface area contributed by atoms with Crippen molar-refractivity contribution in [1.82, 2.24) is 19.1 Å². The molecule has 0 unspecified atom stereocenters. The zero-order chi connectivity index (χ0) is 52.0. The van der Waals surface area contributed by atoms with Gasteiger partial charge in [0.25, 0.3) is 5.92 Å². The van der Waals surface area contributed by atoms with Gasteiger partial charge in [0.05, 0.1) is 80.3 Å². The molecule has 19 heteroatoms. The van der Waals surface area contributed by atoms with Crippen molar-refractivity contribution in [2.75, 3.05) is 58.3 Å². The van der Waals surface area contributed by atoms with Crippen molar-refractivity contribution in [1.29, 1.82) is 0 Å². The van der Waals surface area contributed by atoms with Gasteiger partial charge in [0, 0.05) is 31.6 Å². The third-order valence-corrected chi connectivity index (χ3v) is 12.6. The number of hydrogen-bond acceptors (Lipinski definition) is 10. The first kappa shape index (κ1) is 51.0. The van der Waals surface area contributed by atoms with Gasteiger partial charge < -0.3 is 48.5 Å². The number of para-hydroxylation sites is 1. The number of carbonyl (C=O) groups is 2. The minimum Gasteiger partial charge on any atom is -0.493 e. The van der Waals surface area contributed by atoms with Gasteiger partial charge >= 0.3 is 18.1 Å². The average Bonchev–Trinajstić information content (AvgIpc) is 3.91. The Bertz CT molecular complexity index is 3300. The van der Waals surface area contributed by atoms with Gasteiger partial charge in [-0.05, 0) is 95.8 Å². The quantitative estimate of drug-likeness (QED) is 0.0552. The molecular weight excluding hydrogens is 956 g/mol. The molecule has 380 valence electrons. The summed E-state index contributed by atoms with van der Waals surface area (Å²) in [6.07, 6.45) is -4.83. The van der Waals surface area contributed by atoms with Gasteiger partial charge in [0.15, 0.2) is 23.0 Å². The maximum absolute atomic E-state index is 17.3. The lowest BCUT2D eigenvalue weighted by molar-refractivity contribution is -0.138. The highest BCUT2D eigenvalue weighted by Gasteiger charge is 2.36. The van der Waals surface area contributed by atoms with Crippen LogP contribution in [0.5, 0.6) is 23.0 Å². The van der Waals surface area contributed by atoms with Crippen LogP contribution in [0, 0.1) is 0 Å². The summed E-state index contributed by atoms with van der Waals surface area (Å²) in [7, 11) is 6.04. The molecule has 0 spiro atoms. The summed E-state index contributed by atoms with van der Waals surface area (Å²) in [6.45, 7) is -0.491. The Balaban J connectivity index is 1.16. The lowest BCUT2D eigenvalue weighted by atomic mass is 9.98. The van der Waals surface area contributed by atoms with E-state index in [0.29, 0.717) is 58.5 Å². The van der Waals surface area contributed by atoms with Crippen LogP contribution in [-0.2, 0) is 38.0 Å². The number of carboxylic acid groups (broad SMARTS) is 2. The molecule has 0 atom stereocenters. The molecule has 0 amide bonds. The minimum absolute atomic E-state index is 0.00662. The largest absolute Gasteiger partial charge is 0.493 e. The van der Waals surface area contributed by atoms with Gasteiger partial charge in [-0.2, -0.15) is 13.2 Å². The number of methoxy groups -OCH3 is 4. The monoisotopic (exact) mass is 1010 g/mol. The molecule has 2 aromatic heterocycles. The van der Waals surface area contributed by atoms with Crippen molar-refractivity contribution < 1.29 is 60.7 Å². The van der Waals surface area contributed by atoms with Gasteiger partial charge in [0.2, 0.25) is 11.9 Å². The molecule has 0 radical (unpaired) electrons. The summed E-state index contributed by atoms with van der Waals surface area (Å²) >= 11 is 0. The molecular formula is C54H51F5N6O8. The summed E-state index contributed by atoms with van der Waals surface area (Å²) in [4.78, 5) is 35.1. The van der Waals surface area contributed by atoms with Crippen LogP contribution in [0.1, 0.15) is 60.5 Å². The number of benzene rings is 6. The Morgan fingerprint density at radius 1 is 0.603 bits per heavy atom. The molecule has 0 bridgehead atoms. The molecule has 2 heterocycles. The number of carboxylic acids is 2. The zero-order valence-electron chi connectivity index (χ0n) is 40.2. The van der Waals surface area contributed by atoms with E-state index in [1.54, 1.807) is 51.9 Å². The Morgan fingerprint density at radius 2 is 1.19 bits per heavy atom. The van der Waals surface area contributed by atoms with Crippen molar-refractivity contribution in [3.05, 3.63) is 166 Å². The highest BCUT2D eigenvalue weighted by Crippen LogP contribution is 2.39. The Morgan fingerprint density at radius 3 is 1.82 bits per heavy atom. The highest BCUT2D eigenvalue weighted by atomic mass is 19.4. The fourth-order valence-corrected chi connectivity index (χ4v) is 8.98. The van der Waals surface area contributed by atoms with E-state index in [-0.39, 0.29) is 71.9 Å². The first-order valence-corrected chi connectivity index (χ1v) is 23.0. The molecule has 0 aliphatic carbocycles. The number of halogens is 5. The third kappa shape index (κ3) is 11.1. The zero-order valence-corrected chi connectivity index (χ0v) is 40.2. The number of imidazole rings is 2. The Kier molecular flexibility index (Phi) is 15.1. The number of fused-ring (bicyclic) bond motifs is 2. The summed E-state index contributed by atoms with van der Waals surface area (Å²) in [5.41, 5.74) is 1.61. The van der Waals surface area contributed by atoms with Crippen molar-refractivity contribution in [3.8, 4) is 23.0 Å². The minimum atomic E-state index is -4.72. The molecule has 73 heavy (non-hydrogen) atoms. The number of ether oxygens (including phenoxy) is 4. The molecule has 8 rings (SSSR count). The van der Waals surface area contributed by atoms with Crippen molar-refractivity contribution >= 4 is 45.9 Å². The number of rotatable bonds is 22. The molecule has 0 aliphatic heterocycles. The van der Waals surface area contributed by atoms with E-state index in [1.165, 1.54) is 93.7 Å². The number of aromatic carboxylic acids is 2. The van der Waals surface area contributed by atoms with Gasteiger partial charge in [-0.25, -0.2) is 28.3 Å². The van der Waals surface area contributed by atoms with Crippen LogP contribution in [0.2, 0.25) is 0 Å². The normalized spacial score (nSPS) is 11.7. The average molecular weight is 1010 g/mol. The van der Waals surface area contributed by atoms with Crippen LogP contribution in [0.3, 0.4) is 0 Å². The van der Waals surface area contributed by atoms with Crippen LogP contribution in [0.4, 0.5) is 33.8 Å². The number of anilines is 2. The van der Waals surface area contributed by atoms with Gasteiger partial charge in [-0.15, -0.1) is 0 Å². The second-order valence-corrected chi connectivity index (χ2v) is 17.1. The lowest BCUT2D eigenvalue weighted by Gasteiger charge is -2.28. The van der Waals surface area contributed by atoms with Crippen LogP contribution < -0.4 is 29.2 Å². The standard InChI is InChI=1S/C54H51F5N6O8/c1-70-45-21-16-33(28-47(45)72-3)23-26-63(52-62-42-30-36(50(68)69)18-20-44(42)65(52)32-38-11-6-8-14-40(38)54(57,58)59)27-24-53(55,56)39-13-7-5-10-37(39)31-64-43-19-17-35(49(66)67)29-41(43)61-51(64)60-25-22-34-12-9-15-46(71-2)48(34)73-4/h5-21,28-30H,22-27,31-32H2,1-4H3,(H,60,61)(H,66,67)(H,68,69). The number of hydrogen-bond donors (Lipinski definition) is 3.